The average molecular weight is 538 g/mol. The van der Waals surface area contributed by atoms with Crippen LogP contribution in [0.3, 0.4) is 0 Å². The molecule has 4 aromatic rings. The first kappa shape index (κ1) is 30.4. The maximum atomic E-state index is 11.7. The van der Waals surface area contributed by atoms with Gasteiger partial charge >= 0.3 is 0 Å². The maximum absolute atomic E-state index is 11.7. The average Bonchev–Trinajstić information content (AvgIpc) is 2.83. The summed E-state index contributed by atoms with van der Waals surface area (Å²) in [5.41, 5.74) is 4.31. The van der Waals surface area contributed by atoms with Crippen molar-refractivity contribution in [2.45, 2.75) is 25.8 Å². The van der Waals surface area contributed by atoms with Crippen LogP contribution in [0.5, 0.6) is 5.75 Å². The van der Waals surface area contributed by atoms with Crippen LogP contribution in [0, 0.1) is 0 Å². The fourth-order valence-corrected chi connectivity index (χ4v) is 3.65. The Hall–Kier alpha value is -2.64. The second kappa shape index (κ2) is 15.4. The van der Waals surface area contributed by atoms with Crippen LogP contribution in [0.1, 0.15) is 23.4 Å². The minimum Gasteiger partial charge on any atom is -0.494 e. The molecule has 0 bridgehead atoms. The van der Waals surface area contributed by atoms with E-state index in [2.05, 4.69) is 27.4 Å². The molecule has 0 unspecified atom stereocenters. The fraction of sp³-hybridized carbons (Fsp3) is 0.269. The minimum atomic E-state index is -0.00763. The van der Waals surface area contributed by atoms with Crippen molar-refractivity contribution >= 4 is 48.1 Å². The van der Waals surface area contributed by atoms with Gasteiger partial charge in [0.15, 0.2) is 0 Å². The van der Waals surface area contributed by atoms with E-state index in [-0.39, 0.29) is 42.8 Å². The lowest BCUT2D eigenvalue weighted by Crippen LogP contribution is -2.17. The monoisotopic (exact) mass is 536 g/mol. The highest BCUT2D eigenvalue weighted by Crippen LogP contribution is 2.19. The smallest absolute Gasteiger partial charge is 0.250 e. The number of nitrogens with one attached hydrogen (secondary N) is 1. The minimum absolute atomic E-state index is 0. The third-order valence-electron chi connectivity index (χ3n) is 5.44. The molecule has 9 heteroatoms. The van der Waals surface area contributed by atoms with E-state index in [4.69, 9.17) is 4.74 Å². The number of fused-ring (bicyclic) bond motifs is 1. The Morgan fingerprint density at radius 3 is 2.49 bits per heavy atom. The molecule has 188 valence electrons. The summed E-state index contributed by atoms with van der Waals surface area (Å²) < 4.78 is 7.53. The molecule has 0 saturated carbocycles. The number of benzene rings is 1. The van der Waals surface area contributed by atoms with Crippen molar-refractivity contribution in [3.8, 4) is 5.75 Å². The molecule has 0 aliphatic carbocycles. The van der Waals surface area contributed by atoms with Crippen molar-refractivity contribution in [3.63, 3.8) is 0 Å². The molecule has 35 heavy (non-hydrogen) atoms. The van der Waals surface area contributed by atoms with E-state index in [9.17, 15) is 4.79 Å². The number of hydrogen-bond donors (Lipinski definition) is 1. The van der Waals surface area contributed by atoms with Gasteiger partial charge in [-0.15, -0.1) is 37.2 Å². The Morgan fingerprint density at radius 2 is 1.69 bits per heavy atom. The van der Waals surface area contributed by atoms with Gasteiger partial charge in [0.1, 0.15) is 5.75 Å². The molecule has 0 saturated heterocycles. The molecule has 0 aliphatic heterocycles. The molecule has 4 rings (SSSR count). The second-order valence-corrected chi connectivity index (χ2v) is 7.81. The number of halogens is 3. The number of aromatic nitrogens is 3. The first-order valence-electron chi connectivity index (χ1n) is 11.0. The molecule has 0 fully saturated rings. The lowest BCUT2D eigenvalue weighted by Gasteiger charge is -2.10. The van der Waals surface area contributed by atoms with Gasteiger partial charge in [-0.2, -0.15) is 0 Å². The van der Waals surface area contributed by atoms with E-state index in [1.165, 1.54) is 5.56 Å². The van der Waals surface area contributed by atoms with E-state index in [1.54, 1.807) is 17.7 Å². The molecule has 0 spiro atoms. The summed E-state index contributed by atoms with van der Waals surface area (Å²) in [6.45, 7) is 2.31. The molecule has 6 nitrogen and oxygen atoms in total. The number of ether oxygens (including phenoxy) is 1. The van der Waals surface area contributed by atoms with E-state index < -0.39 is 0 Å². The zero-order chi connectivity index (χ0) is 22.2. The van der Waals surface area contributed by atoms with Crippen LogP contribution in [-0.2, 0) is 26.4 Å². The van der Waals surface area contributed by atoms with Gasteiger partial charge in [-0.05, 0) is 79.9 Å². The van der Waals surface area contributed by atoms with Gasteiger partial charge in [-0.3, -0.25) is 14.8 Å². The summed E-state index contributed by atoms with van der Waals surface area (Å²) in [7, 11) is 1.78. The molecule has 1 N–H and O–H groups in total. The van der Waals surface area contributed by atoms with Crippen LogP contribution in [0.15, 0.2) is 77.9 Å². The molecule has 0 atom stereocenters. The molecular formula is C26H31Cl3N4O2. The Morgan fingerprint density at radius 1 is 0.886 bits per heavy atom. The van der Waals surface area contributed by atoms with E-state index >= 15 is 0 Å². The lowest BCUT2D eigenvalue weighted by atomic mass is 10.1. The van der Waals surface area contributed by atoms with Crippen molar-refractivity contribution in [3.05, 3.63) is 100 Å². The standard InChI is InChI=1S/C26H28N4O2.3ClH/c1-30-25-10-9-24(18-21(25)6-11-26(30)31)32-16-4-13-27-19-20-12-15-29-23(17-20)8-7-22-5-2-3-14-28-22;;;/h2-3,5-6,9-12,14-15,17-18,27H,4,7-8,13,16,19H2,1H3;3*1H. The van der Waals surface area contributed by atoms with Gasteiger partial charge in [0, 0.05) is 48.8 Å². The summed E-state index contributed by atoms with van der Waals surface area (Å²) in [4.78, 5) is 20.6. The molecule has 0 radical (unpaired) electrons. The zero-order valence-corrected chi connectivity index (χ0v) is 22.0. The van der Waals surface area contributed by atoms with Crippen LogP contribution in [0.4, 0.5) is 0 Å². The van der Waals surface area contributed by atoms with Crippen LogP contribution in [0.25, 0.3) is 10.9 Å². The summed E-state index contributed by atoms with van der Waals surface area (Å²) >= 11 is 0. The molecule has 0 aliphatic rings. The predicted molar refractivity (Wildman–Crippen MR) is 149 cm³/mol. The normalized spacial score (nSPS) is 10.1. The Kier molecular flexibility index (Phi) is 13.3. The van der Waals surface area contributed by atoms with Crippen molar-refractivity contribution in [2.75, 3.05) is 13.2 Å². The van der Waals surface area contributed by atoms with Gasteiger partial charge in [0.2, 0.25) is 0 Å². The summed E-state index contributed by atoms with van der Waals surface area (Å²) in [5, 5.41) is 4.47. The SMILES string of the molecule is Cl.Cl.Cl.Cn1c(=O)ccc2cc(OCCCNCc3ccnc(CCc4ccccn4)c3)ccc21. The van der Waals surface area contributed by atoms with Gasteiger partial charge < -0.3 is 14.6 Å². The van der Waals surface area contributed by atoms with Gasteiger partial charge in [-0.25, -0.2) is 0 Å². The van der Waals surface area contributed by atoms with Crippen molar-refractivity contribution in [1.29, 1.82) is 0 Å². The number of nitrogens with zero attached hydrogens (tertiary/aromatic N) is 3. The molecule has 3 heterocycles. The molecule has 1 aromatic carbocycles. The third kappa shape index (κ3) is 8.82. The number of hydrogen-bond acceptors (Lipinski definition) is 5. The van der Waals surface area contributed by atoms with E-state index in [0.717, 1.165) is 60.4 Å². The van der Waals surface area contributed by atoms with E-state index in [0.29, 0.717) is 6.61 Å². The highest BCUT2D eigenvalue weighted by Gasteiger charge is 2.03. The Bertz CT molecular complexity index is 1240. The Labute approximate surface area is 224 Å². The fourth-order valence-electron chi connectivity index (χ4n) is 3.65. The number of pyridine rings is 3. The van der Waals surface area contributed by atoms with E-state index in [1.807, 2.05) is 54.9 Å². The van der Waals surface area contributed by atoms with Crippen LogP contribution in [0.2, 0.25) is 0 Å². The third-order valence-corrected chi connectivity index (χ3v) is 5.44. The molecule has 3 aromatic heterocycles. The highest BCUT2D eigenvalue weighted by molar-refractivity contribution is 5.86. The van der Waals surface area contributed by atoms with Crippen LogP contribution >= 0.6 is 37.2 Å². The van der Waals surface area contributed by atoms with Gasteiger partial charge in [0.25, 0.3) is 5.56 Å². The summed E-state index contributed by atoms with van der Waals surface area (Å²) in [6, 6.07) is 19.5. The first-order valence-corrected chi connectivity index (χ1v) is 11.0. The van der Waals surface area contributed by atoms with Crippen LogP contribution in [-0.4, -0.2) is 27.7 Å². The quantitative estimate of drug-likeness (QED) is 0.290. The summed E-state index contributed by atoms with van der Waals surface area (Å²) in [5.74, 6) is 0.822. The van der Waals surface area contributed by atoms with Crippen LogP contribution < -0.4 is 15.6 Å². The second-order valence-electron chi connectivity index (χ2n) is 7.81. The topological polar surface area (TPSA) is 69.0 Å². The zero-order valence-electron chi connectivity index (χ0n) is 19.6. The Balaban J connectivity index is 0.00000204. The molecular weight excluding hydrogens is 507 g/mol. The largest absolute Gasteiger partial charge is 0.494 e. The van der Waals surface area contributed by atoms with Gasteiger partial charge in [0.05, 0.1) is 12.1 Å². The highest BCUT2D eigenvalue weighted by atomic mass is 35.5. The first-order chi connectivity index (χ1) is 15.7. The van der Waals surface area contributed by atoms with Crippen molar-refractivity contribution in [1.82, 2.24) is 19.9 Å². The molecule has 0 amide bonds. The lowest BCUT2D eigenvalue weighted by molar-refractivity contribution is 0.308. The summed E-state index contributed by atoms with van der Waals surface area (Å²) in [6.07, 6.45) is 6.40. The number of rotatable bonds is 10. The van der Waals surface area contributed by atoms with Crippen molar-refractivity contribution in [2.24, 2.45) is 7.05 Å². The number of aryl methyl sites for hydroxylation is 3. The predicted octanol–water partition coefficient (Wildman–Crippen LogP) is 4.94. The maximum Gasteiger partial charge on any atom is 0.250 e. The van der Waals surface area contributed by atoms with Gasteiger partial charge in [-0.1, -0.05) is 6.07 Å². The van der Waals surface area contributed by atoms with Crippen molar-refractivity contribution < 1.29 is 4.74 Å².